The fourth-order valence-electron chi connectivity index (χ4n) is 3.23. The zero-order valence-corrected chi connectivity index (χ0v) is 23.7. The van der Waals surface area contributed by atoms with Crippen molar-refractivity contribution >= 4 is 74.1 Å². The van der Waals surface area contributed by atoms with Crippen LogP contribution in [0.25, 0.3) is 6.08 Å². The average Bonchev–Trinajstić information content (AvgIpc) is 3.09. The first-order valence-corrected chi connectivity index (χ1v) is 13.6. The second kappa shape index (κ2) is 13.1. The minimum absolute atomic E-state index is 0.00359. The van der Waals surface area contributed by atoms with Gasteiger partial charge in [-0.05, 0) is 89.9 Å². The van der Waals surface area contributed by atoms with E-state index in [-0.39, 0.29) is 33.9 Å². The van der Waals surface area contributed by atoms with E-state index in [1.165, 1.54) is 18.2 Å². The number of esters is 1. The molecule has 1 heterocycles. The molecule has 3 rings (SSSR count). The van der Waals surface area contributed by atoms with Crippen molar-refractivity contribution in [2.45, 2.75) is 39.7 Å². The van der Waals surface area contributed by atoms with Crippen LogP contribution < -0.4 is 10.1 Å². The van der Waals surface area contributed by atoms with Crippen LogP contribution in [0.15, 0.2) is 45.8 Å². The van der Waals surface area contributed by atoms with Gasteiger partial charge in [0.15, 0.2) is 0 Å². The van der Waals surface area contributed by atoms with Gasteiger partial charge in [-0.1, -0.05) is 31.0 Å². The van der Waals surface area contributed by atoms with Gasteiger partial charge >= 0.3 is 5.97 Å². The van der Waals surface area contributed by atoms with Gasteiger partial charge in [0.25, 0.3) is 11.1 Å². The van der Waals surface area contributed by atoms with E-state index in [1.54, 1.807) is 24.3 Å². The Morgan fingerprint density at radius 1 is 1.19 bits per heavy atom. The van der Waals surface area contributed by atoms with E-state index >= 15 is 0 Å². The molecule has 11 heteroatoms. The lowest BCUT2D eigenvalue weighted by atomic mass is 10.2. The number of amides is 3. The summed E-state index contributed by atoms with van der Waals surface area (Å²) >= 11 is 10.3. The molecular weight excluding hydrogens is 584 g/mol. The predicted molar refractivity (Wildman–Crippen MR) is 148 cm³/mol. The molecule has 37 heavy (non-hydrogen) atoms. The standard InChI is InChI=1S/C26H26BrClN2O6S/c1-4-5-10-35-25(33)18-13-17(7-8-20(18)28)29-23(31)14-30-24(32)22(37-26(30)34)12-16-6-9-21(19(27)11-16)36-15(2)3/h6-9,11-13,15H,4-5,10,14H2,1-3H3,(H,29,31)/b22-12-. The third-order valence-corrected chi connectivity index (χ3v) is 6.85. The van der Waals surface area contributed by atoms with Crippen LogP contribution in [0, 0.1) is 0 Å². The molecule has 0 atom stereocenters. The third kappa shape index (κ3) is 7.83. The van der Waals surface area contributed by atoms with Crippen LogP contribution in [0.5, 0.6) is 5.75 Å². The van der Waals surface area contributed by atoms with Crippen molar-refractivity contribution in [3.63, 3.8) is 0 Å². The summed E-state index contributed by atoms with van der Waals surface area (Å²) < 4.78 is 11.6. The maximum absolute atomic E-state index is 12.8. The van der Waals surface area contributed by atoms with Crippen LogP contribution in [-0.2, 0) is 14.3 Å². The summed E-state index contributed by atoms with van der Waals surface area (Å²) in [6.45, 7) is 5.60. The number of hydrogen-bond donors (Lipinski definition) is 1. The molecule has 0 aromatic heterocycles. The van der Waals surface area contributed by atoms with Crippen molar-refractivity contribution in [1.82, 2.24) is 4.90 Å². The lowest BCUT2D eigenvalue weighted by Gasteiger charge is -2.13. The first-order chi connectivity index (χ1) is 17.6. The van der Waals surface area contributed by atoms with Crippen molar-refractivity contribution in [3.05, 3.63) is 61.9 Å². The van der Waals surface area contributed by atoms with E-state index in [0.29, 0.717) is 15.8 Å². The van der Waals surface area contributed by atoms with Gasteiger partial charge in [0, 0.05) is 5.69 Å². The van der Waals surface area contributed by atoms with Gasteiger partial charge < -0.3 is 14.8 Å². The van der Waals surface area contributed by atoms with Crippen molar-refractivity contribution in [2.75, 3.05) is 18.5 Å². The van der Waals surface area contributed by atoms with Gasteiger partial charge in [-0.3, -0.25) is 19.3 Å². The lowest BCUT2D eigenvalue weighted by molar-refractivity contribution is -0.127. The number of unbranched alkanes of at least 4 members (excludes halogenated alkanes) is 1. The average molecular weight is 610 g/mol. The number of carbonyl (C=O) groups is 4. The summed E-state index contributed by atoms with van der Waals surface area (Å²) in [5.41, 5.74) is 1.09. The Bertz CT molecular complexity index is 1250. The number of hydrogen-bond acceptors (Lipinski definition) is 7. The van der Waals surface area contributed by atoms with E-state index in [9.17, 15) is 19.2 Å². The van der Waals surface area contributed by atoms with E-state index < -0.39 is 29.6 Å². The number of benzene rings is 2. The van der Waals surface area contributed by atoms with Gasteiger partial charge in [-0.25, -0.2) is 4.79 Å². The largest absolute Gasteiger partial charge is 0.490 e. The molecule has 1 fully saturated rings. The Morgan fingerprint density at radius 2 is 1.95 bits per heavy atom. The van der Waals surface area contributed by atoms with Gasteiger partial charge in [0.05, 0.1) is 32.7 Å². The number of nitrogens with zero attached hydrogens (tertiary/aromatic N) is 1. The van der Waals surface area contributed by atoms with E-state index in [4.69, 9.17) is 21.1 Å². The summed E-state index contributed by atoms with van der Waals surface area (Å²) in [5, 5.41) is 2.23. The van der Waals surface area contributed by atoms with Gasteiger partial charge in [0.2, 0.25) is 5.91 Å². The van der Waals surface area contributed by atoms with Crippen molar-refractivity contribution in [2.24, 2.45) is 0 Å². The zero-order valence-electron chi connectivity index (χ0n) is 20.5. The number of anilines is 1. The second-order valence-corrected chi connectivity index (χ2v) is 10.6. The molecule has 0 unspecified atom stereocenters. The molecule has 1 N–H and O–H groups in total. The molecule has 0 spiro atoms. The Kier molecular flexibility index (Phi) is 10.2. The second-order valence-electron chi connectivity index (χ2n) is 8.36. The van der Waals surface area contributed by atoms with Crippen LogP contribution >= 0.6 is 39.3 Å². The fourth-order valence-corrected chi connectivity index (χ4v) is 4.76. The number of ether oxygens (including phenoxy) is 2. The summed E-state index contributed by atoms with van der Waals surface area (Å²) in [4.78, 5) is 51.3. The molecule has 0 saturated carbocycles. The quantitative estimate of drug-likeness (QED) is 0.186. The van der Waals surface area contributed by atoms with E-state index in [2.05, 4.69) is 21.2 Å². The van der Waals surface area contributed by atoms with E-state index in [0.717, 1.165) is 29.5 Å². The van der Waals surface area contributed by atoms with Crippen molar-refractivity contribution in [3.8, 4) is 5.75 Å². The number of thioether (sulfide) groups is 1. The molecule has 0 radical (unpaired) electrons. The number of rotatable bonds is 10. The summed E-state index contributed by atoms with van der Waals surface area (Å²) in [6, 6.07) is 9.70. The minimum Gasteiger partial charge on any atom is -0.490 e. The highest BCUT2D eigenvalue weighted by atomic mass is 79.9. The monoisotopic (exact) mass is 608 g/mol. The Morgan fingerprint density at radius 3 is 2.62 bits per heavy atom. The van der Waals surface area contributed by atoms with Crippen LogP contribution in [0.3, 0.4) is 0 Å². The topological polar surface area (TPSA) is 102 Å². The van der Waals surface area contributed by atoms with Crippen molar-refractivity contribution in [1.29, 1.82) is 0 Å². The molecule has 3 amide bonds. The van der Waals surface area contributed by atoms with Gasteiger partial charge in [-0.15, -0.1) is 0 Å². The predicted octanol–water partition coefficient (Wildman–Crippen LogP) is 6.52. The maximum Gasteiger partial charge on any atom is 0.339 e. The molecule has 2 aromatic carbocycles. The maximum atomic E-state index is 12.8. The summed E-state index contributed by atoms with van der Waals surface area (Å²) in [6.07, 6.45) is 3.19. The Labute approximate surface area is 232 Å². The highest BCUT2D eigenvalue weighted by molar-refractivity contribution is 9.10. The number of carbonyl (C=O) groups excluding carboxylic acids is 4. The highest BCUT2D eigenvalue weighted by Gasteiger charge is 2.36. The minimum atomic E-state index is -0.603. The van der Waals surface area contributed by atoms with E-state index in [1.807, 2.05) is 20.8 Å². The van der Waals surface area contributed by atoms with Gasteiger partial charge in [-0.2, -0.15) is 0 Å². The molecule has 0 bridgehead atoms. The van der Waals surface area contributed by atoms with Crippen LogP contribution in [0.4, 0.5) is 10.5 Å². The normalized spacial score (nSPS) is 14.4. The summed E-state index contributed by atoms with van der Waals surface area (Å²) in [5.74, 6) is -1.10. The van der Waals surface area contributed by atoms with Crippen LogP contribution in [0.2, 0.25) is 5.02 Å². The zero-order chi connectivity index (χ0) is 27.1. The molecule has 1 aliphatic heterocycles. The first-order valence-electron chi connectivity index (χ1n) is 11.6. The fraction of sp³-hybridized carbons (Fsp3) is 0.308. The highest BCUT2D eigenvalue weighted by Crippen LogP contribution is 2.34. The lowest BCUT2D eigenvalue weighted by Crippen LogP contribution is -2.36. The third-order valence-electron chi connectivity index (χ3n) is 4.99. The number of nitrogens with one attached hydrogen (secondary N) is 1. The Hall–Kier alpha value is -2.82. The molecule has 1 saturated heterocycles. The molecule has 2 aromatic rings. The van der Waals surface area contributed by atoms with Gasteiger partial charge in [0.1, 0.15) is 12.3 Å². The van der Waals surface area contributed by atoms with Crippen molar-refractivity contribution < 1.29 is 28.7 Å². The SMILES string of the molecule is CCCCOC(=O)c1cc(NC(=O)CN2C(=O)S/C(=C\c3ccc(OC(C)C)c(Br)c3)C2=O)ccc1Cl. The molecule has 8 nitrogen and oxygen atoms in total. The molecule has 1 aliphatic rings. The number of imide groups is 1. The molecule has 196 valence electrons. The first kappa shape index (κ1) is 28.7. The number of halogens is 2. The van der Waals surface area contributed by atoms with Crippen LogP contribution in [0.1, 0.15) is 49.5 Å². The molecular formula is C26H26BrClN2O6S. The van der Waals surface area contributed by atoms with Crippen LogP contribution in [-0.4, -0.2) is 47.2 Å². The molecule has 0 aliphatic carbocycles. The summed E-state index contributed by atoms with van der Waals surface area (Å²) in [7, 11) is 0. The Balaban J connectivity index is 1.66. The smallest absolute Gasteiger partial charge is 0.339 e.